The number of nitrogens with zero attached hydrogens (tertiary/aromatic N) is 1. The van der Waals surface area contributed by atoms with Crippen LogP contribution in [-0.4, -0.2) is 33.6 Å². The van der Waals surface area contributed by atoms with E-state index < -0.39 is 12.2 Å². The summed E-state index contributed by atoms with van der Waals surface area (Å²) in [6.07, 6.45) is -0.296. The Morgan fingerprint density at radius 1 is 1.38 bits per heavy atom. The van der Waals surface area contributed by atoms with Crippen molar-refractivity contribution in [1.29, 1.82) is 0 Å². The fourth-order valence-electron chi connectivity index (χ4n) is 1.38. The molecule has 0 bridgehead atoms. The van der Waals surface area contributed by atoms with Crippen molar-refractivity contribution < 1.29 is 15.4 Å². The highest BCUT2D eigenvalue weighted by Crippen LogP contribution is 2.19. The van der Waals surface area contributed by atoms with E-state index in [9.17, 15) is 10.2 Å². The molecular formula is C11H14ClNO3. The molecule has 1 rings (SSSR count). The van der Waals surface area contributed by atoms with Gasteiger partial charge in [0.15, 0.2) is 0 Å². The topological polar surface area (TPSA) is 73.1 Å². The molecule has 88 valence electrons. The van der Waals surface area contributed by atoms with Crippen molar-refractivity contribution in [2.75, 3.05) is 5.88 Å². The summed E-state index contributed by atoms with van der Waals surface area (Å²) in [6.45, 7) is 0. The maximum Gasteiger partial charge on any atom is 0.105 e. The summed E-state index contributed by atoms with van der Waals surface area (Å²) in [4.78, 5) is 0. The van der Waals surface area contributed by atoms with E-state index in [2.05, 4.69) is 5.16 Å². The smallest absolute Gasteiger partial charge is 0.105 e. The van der Waals surface area contributed by atoms with Gasteiger partial charge in [0.25, 0.3) is 0 Å². The van der Waals surface area contributed by atoms with Gasteiger partial charge in [-0.05, 0) is 23.6 Å². The van der Waals surface area contributed by atoms with E-state index in [1.165, 1.54) is 6.21 Å². The minimum Gasteiger partial charge on any atom is -0.411 e. The SMILES string of the molecule is ON=Cc1cccc(C(O)C(O)CCCl)c1. The van der Waals surface area contributed by atoms with Crippen molar-refractivity contribution in [3.8, 4) is 0 Å². The summed E-state index contributed by atoms with van der Waals surface area (Å²) in [5, 5.41) is 30.7. The van der Waals surface area contributed by atoms with Crippen molar-refractivity contribution in [3.63, 3.8) is 0 Å². The molecule has 0 saturated carbocycles. The van der Waals surface area contributed by atoms with E-state index in [-0.39, 0.29) is 5.88 Å². The molecule has 0 amide bonds. The minimum absolute atomic E-state index is 0.288. The number of aliphatic hydroxyl groups is 2. The standard InChI is InChI=1S/C11H14ClNO3/c12-5-4-10(14)11(15)9-3-1-2-8(6-9)7-13-16/h1-3,6-7,10-11,14-16H,4-5H2. The third kappa shape index (κ3) is 3.48. The molecule has 5 heteroatoms. The number of hydrogen-bond donors (Lipinski definition) is 3. The van der Waals surface area contributed by atoms with E-state index in [0.717, 1.165) is 0 Å². The van der Waals surface area contributed by atoms with Crippen LogP contribution in [0.3, 0.4) is 0 Å². The molecule has 0 radical (unpaired) electrons. The second-order valence-corrected chi connectivity index (χ2v) is 3.78. The first kappa shape index (κ1) is 13.0. The molecular weight excluding hydrogens is 230 g/mol. The Balaban J connectivity index is 2.82. The van der Waals surface area contributed by atoms with Crippen LogP contribution in [0, 0.1) is 0 Å². The predicted molar refractivity (Wildman–Crippen MR) is 62.1 cm³/mol. The van der Waals surface area contributed by atoms with Crippen LogP contribution in [0.4, 0.5) is 0 Å². The van der Waals surface area contributed by atoms with Crippen LogP contribution in [0.5, 0.6) is 0 Å². The van der Waals surface area contributed by atoms with Crippen LogP contribution < -0.4 is 0 Å². The molecule has 3 N–H and O–H groups in total. The van der Waals surface area contributed by atoms with E-state index >= 15 is 0 Å². The quantitative estimate of drug-likeness (QED) is 0.318. The van der Waals surface area contributed by atoms with Gasteiger partial charge in [-0.3, -0.25) is 0 Å². The highest BCUT2D eigenvalue weighted by molar-refractivity contribution is 6.17. The van der Waals surface area contributed by atoms with Gasteiger partial charge in [-0.25, -0.2) is 0 Å². The zero-order valence-electron chi connectivity index (χ0n) is 8.62. The number of alkyl halides is 1. The molecule has 0 aliphatic heterocycles. The van der Waals surface area contributed by atoms with Crippen LogP contribution in [0.1, 0.15) is 23.7 Å². The first-order valence-corrected chi connectivity index (χ1v) is 5.42. The molecule has 16 heavy (non-hydrogen) atoms. The van der Waals surface area contributed by atoms with Crippen molar-refractivity contribution in [2.45, 2.75) is 18.6 Å². The zero-order valence-corrected chi connectivity index (χ0v) is 9.38. The number of aliphatic hydroxyl groups excluding tert-OH is 2. The van der Waals surface area contributed by atoms with Gasteiger partial charge < -0.3 is 15.4 Å². The lowest BCUT2D eigenvalue weighted by molar-refractivity contribution is 0.0170. The zero-order chi connectivity index (χ0) is 12.0. The largest absolute Gasteiger partial charge is 0.411 e. The lowest BCUT2D eigenvalue weighted by Crippen LogP contribution is -2.18. The molecule has 4 nitrogen and oxygen atoms in total. The average molecular weight is 244 g/mol. The number of benzene rings is 1. The maximum atomic E-state index is 9.80. The Kier molecular flexibility index (Phi) is 5.25. The molecule has 0 fully saturated rings. The second-order valence-electron chi connectivity index (χ2n) is 3.40. The number of halogens is 1. The molecule has 0 aliphatic carbocycles. The average Bonchev–Trinajstić information content (AvgIpc) is 2.29. The van der Waals surface area contributed by atoms with Gasteiger partial charge in [0, 0.05) is 5.88 Å². The van der Waals surface area contributed by atoms with Crippen LogP contribution in [-0.2, 0) is 0 Å². The maximum absolute atomic E-state index is 9.80. The highest BCUT2D eigenvalue weighted by Gasteiger charge is 2.17. The summed E-state index contributed by atoms with van der Waals surface area (Å²) < 4.78 is 0. The van der Waals surface area contributed by atoms with Crippen molar-refractivity contribution >= 4 is 17.8 Å². The molecule has 0 saturated heterocycles. The summed E-state index contributed by atoms with van der Waals surface area (Å²) >= 11 is 5.48. The van der Waals surface area contributed by atoms with Gasteiger partial charge in [0.05, 0.1) is 12.3 Å². The minimum atomic E-state index is -0.981. The van der Waals surface area contributed by atoms with Gasteiger partial charge in [-0.2, -0.15) is 0 Å². The van der Waals surface area contributed by atoms with Crippen molar-refractivity contribution in [2.24, 2.45) is 5.16 Å². The molecule has 0 heterocycles. The van der Waals surface area contributed by atoms with Crippen LogP contribution >= 0.6 is 11.6 Å². The fraction of sp³-hybridized carbons (Fsp3) is 0.364. The Morgan fingerprint density at radius 2 is 2.12 bits per heavy atom. The molecule has 1 aromatic carbocycles. The van der Waals surface area contributed by atoms with Gasteiger partial charge in [-0.1, -0.05) is 23.4 Å². The van der Waals surface area contributed by atoms with Gasteiger partial charge >= 0.3 is 0 Å². The van der Waals surface area contributed by atoms with Crippen LogP contribution in [0.25, 0.3) is 0 Å². The van der Waals surface area contributed by atoms with E-state index in [4.69, 9.17) is 16.8 Å². The molecule has 2 unspecified atom stereocenters. The first-order chi connectivity index (χ1) is 7.69. The Labute approximate surface area is 98.8 Å². The summed E-state index contributed by atoms with van der Waals surface area (Å²) in [5.41, 5.74) is 1.21. The lowest BCUT2D eigenvalue weighted by atomic mass is 10.0. The molecule has 2 atom stereocenters. The van der Waals surface area contributed by atoms with Gasteiger partial charge in [0.2, 0.25) is 0 Å². The van der Waals surface area contributed by atoms with Crippen molar-refractivity contribution in [1.82, 2.24) is 0 Å². The third-order valence-corrected chi connectivity index (χ3v) is 2.45. The van der Waals surface area contributed by atoms with E-state index in [0.29, 0.717) is 17.5 Å². The Hall–Kier alpha value is -1.10. The summed E-state index contributed by atoms with van der Waals surface area (Å²) in [5.74, 6) is 0.288. The van der Waals surface area contributed by atoms with Gasteiger partial charge in [0.1, 0.15) is 6.10 Å². The Bertz CT molecular complexity index is 357. The summed E-state index contributed by atoms with van der Waals surface area (Å²) in [7, 11) is 0. The number of rotatable bonds is 5. The molecule has 0 spiro atoms. The van der Waals surface area contributed by atoms with Crippen LogP contribution in [0.15, 0.2) is 29.4 Å². The fourth-order valence-corrected chi connectivity index (χ4v) is 1.61. The van der Waals surface area contributed by atoms with Gasteiger partial charge in [-0.15, -0.1) is 11.6 Å². The molecule has 0 aromatic heterocycles. The highest BCUT2D eigenvalue weighted by atomic mass is 35.5. The second kappa shape index (κ2) is 6.48. The number of oxime groups is 1. The third-order valence-electron chi connectivity index (χ3n) is 2.23. The molecule has 1 aromatic rings. The monoisotopic (exact) mass is 243 g/mol. The Morgan fingerprint density at radius 3 is 2.75 bits per heavy atom. The summed E-state index contributed by atoms with van der Waals surface area (Å²) in [6, 6.07) is 6.77. The molecule has 0 aliphatic rings. The normalized spacial score (nSPS) is 15.2. The van der Waals surface area contributed by atoms with E-state index in [1.807, 2.05) is 0 Å². The first-order valence-electron chi connectivity index (χ1n) is 4.88. The van der Waals surface area contributed by atoms with E-state index in [1.54, 1.807) is 24.3 Å². The number of hydrogen-bond acceptors (Lipinski definition) is 4. The van der Waals surface area contributed by atoms with Crippen LogP contribution in [0.2, 0.25) is 0 Å². The lowest BCUT2D eigenvalue weighted by Gasteiger charge is -2.17. The van der Waals surface area contributed by atoms with Crippen molar-refractivity contribution in [3.05, 3.63) is 35.4 Å². The predicted octanol–water partition coefficient (Wildman–Crippen LogP) is 1.52.